The van der Waals surface area contributed by atoms with Gasteiger partial charge in [-0.1, -0.05) is 0 Å². The van der Waals surface area contributed by atoms with Crippen molar-refractivity contribution in [2.45, 2.75) is 0 Å². The molecule has 0 fully saturated rings. The predicted octanol–water partition coefficient (Wildman–Crippen LogP) is 7.02. The molecule has 0 saturated heterocycles. The molecule has 1 heterocycles. The van der Waals surface area contributed by atoms with Crippen LogP contribution in [0.5, 0.6) is 34.5 Å². The van der Waals surface area contributed by atoms with Gasteiger partial charge in [-0.2, -0.15) is 0 Å². The maximum atomic E-state index is 6.97. The van der Waals surface area contributed by atoms with E-state index in [-0.39, 0.29) is 0 Å². The van der Waals surface area contributed by atoms with Crippen molar-refractivity contribution in [2.24, 2.45) is 39.6 Å². The highest BCUT2D eigenvalue weighted by molar-refractivity contribution is 7.78. The zero-order chi connectivity index (χ0) is 41.9. The Morgan fingerprint density at radius 2 is 0.683 bits per heavy atom. The van der Waals surface area contributed by atoms with E-state index < -0.39 is 24.6 Å². The van der Waals surface area contributed by atoms with E-state index >= 15 is 0 Å². The van der Waals surface area contributed by atoms with Gasteiger partial charge in [0.25, 0.3) is 0 Å². The summed E-state index contributed by atoms with van der Waals surface area (Å²) in [5.74, 6) is 36.4. The molecular weight excluding hydrogens is 831 g/mol. The van der Waals surface area contributed by atoms with Gasteiger partial charge in [0.05, 0.1) is 0 Å². The molecule has 24 heteroatoms. The van der Waals surface area contributed by atoms with Crippen LogP contribution < -0.4 is 95.4 Å². The standard InChI is InChI=1S/C36H42N15O6P3/c37-43-25-1-13-31(14-2-25)52-50-58(54-33-17-5-27(45-39)6-18-33)49-60(56-35-21-9-29(47-41)10-22-35,57-36-23-11-30(48-42)12-24-36)51(53-32-15-3-26(44-38)4-16-32)59(50)55-34-19-7-28(46-40)8-20-34/h1-24,43-48H,37-42H2. The first-order valence-electron chi connectivity index (χ1n) is 17.7. The molecule has 6 aromatic rings. The van der Waals surface area contributed by atoms with Gasteiger partial charge in [0.15, 0.2) is 0 Å². The summed E-state index contributed by atoms with van der Waals surface area (Å²) in [7, 11) is -8.77. The molecule has 1 aliphatic rings. The lowest BCUT2D eigenvalue weighted by atomic mass is 10.3. The first kappa shape index (κ1) is 41.8. The van der Waals surface area contributed by atoms with Crippen LogP contribution in [0.2, 0.25) is 0 Å². The van der Waals surface area contributed by atoms with Gasteiger partial charge in [-0.25, -0.2) is 0 Å². The van der Waals surface area contributed by atoms with Crippen LogP contribution >= 0.6 is 24.6 Å². The molecule has 2 unspecified atom stereocenters. The molecule has 60 heavy (non-hydrogen) atoms. The summed E-state index contributed by atoms with van der Waals surface area (Å²) >= 11 is 0. The van der Waals surface area contributed by atoms with Crippen molar-refractivity contribution in [3.63, 3.8) is 0 Å². The van der Waals surface area contributed by atoms with E-state index in [0.29, 0.717) is 68.6 Å². The van der Waals surface area contributed by atoms with E-state index in [4.69, 9.17) is 67.3 Å². The third kappa shape index (κ3) is 10.1. The minimum Gasteiger partial charge on any atom is -0.440 e. The van der Waals surface area contributed by atoms with Gasteiger partial charge < -0.3 is 60.3 Å². The summed E-state index contributed by atoms with van der Waals surface area (Å²) < 4.78 is 35.8. The molecule has 0 aromatic heterocycles. The molecule has 0 spiro atoms. The number of anilines is 6. The Morgan fingerprint density at radius 1 is 0.383 bits per heavy atom. The van der Waals surface area contributed by atoms with Crippen molar-refractivity contribution >= 4 is 58.7 Å². The highest BCUT2D eigenvalue weighted by atomic mass is 31.3. The SMILES string of the molecule is NNc1ccc(ON2P(Oc3ccc(NN)cc3)N=P(Oc3ccc(NN)cc3)(Oc3ccc(NN)cc3)N(Oc3ccc(NN)cc3)P2Oc2ccc(NN)cc2)cc1. The van der Waals surface area contributed by atoms with Crippen molar-refractivity contribution in [1.82, 2.24) is 9.21 Å². The number of hydrogen-bond acceptors (Lipinski definition) is 21. The average Bonchev–Trinajstić information content (AvgIpc) is 3.30. The summed E-state index contributed by atoms with van der Waals surface area (Å²) in [5, 5.41) is 0. The van der Waals surface area contributed by atoms with E-state index in [0.717, 1.165) is 0 Å². The van der Waals surface area contributed by atoms with Crippen molar-refractivity contribution < 1.29 is 27.8 Å². The number of benzene rings is 6. The number of hydrogen-bond donors (Lipinski definition) is 12. The third-order valence-corrected chi connectivity index (χ3v) is 15.0. The van der Waals surface area contributed by atoms with Gasteiger partial charge in [-0.3, -0.25) is 35.1 Å². The number of hydrazine groups is 6. The lowest BCUT2D eigenvalue weighted by Crippen LogP contribution is -2.37. The van der Waals surface area contributed by atoms with Gasteiger partial charge in [0.2, 0.25) is 0 Å². The molecule has 0 amide bonds. The largest absolute Gasteiger partial charge is 0.447 e. The molecule has 0 radical (unpaired) electrons. The van der Waals surface area contributed by atoms with Crippen LogP contribution in [0.15, 0.2) is 150 Å². The van der Waals surface area contributed by atoms with Crippen LogP contribution in [-0.4, -0.2) is 9.21 Å². The van der Waals surface area contributed by atoms with E-state index in [1.165, 1.54) is 9.21 Å². The van der Waals surface area contributed by atoms with Crippen LogP contribution in [0, 0.1) is 0 Å². The minimum absolute atomic E-state index is 0.334. The summed E-state index contributed by atoms with van der Waals surface area (Å²) in [6.45, 7) is 0. The van der Waals surface area contributed by atoms with Crippen LogP contribution in [0.3, 0.4) is 0 Å². The van der Waals surface area contributed by atoms with Crippen LogP contribution in [0.1, 0.15) is 0 Å². The Balaban J connectivity index is 1.48. The fourth-order valence-corrected chi connectivity index (χ4v) is 12.6. The van der Waals surface area contributed by atoms with Crippen LogP contribution in [-0.2, 0) is 0 Å². The third-order valence-electron chi connectivity index (χ3n) is 8.17. The number of nitrogens with one attached hydrogen (secondary N) is 6. The highest BCUT2D eigenvalue weighted by Gasteiger charge is 2.58. The molecule has 0 aliphatic carbocycles. The van der Waals surface area contributed by atoms with Crippen LogP contribution in [0.25, 0.3) is 0 Å². The highest BCUT2D eigenvalue weighted by Crippen LogP contribution is 2.77. The van der Waals surface area contributed by atoms with Crippen molar-refractivity contribution in [2.75, 3.05) is 32.6 Å². The average molecular weight is 874 g/mol. The first-order chi connectivity index (χ1) is 29.3. The molecule has 0 saturated carbocycles. The van der Waals surface area contributed by atoms with E-state index in [2.05, 4.69) is 32.6 Å². The first-order valence-corrected chi connectivity index (χ1v) is 21.5. The number of nitrogen functional groups attached to an aromatic ring is 6. The predicted molar refractivity (Wildman–Crippen MR) is 236 cm³/mol. The van der Waals surface area contributed by atoms with Crippen molar-refractivity contribution in [3.8, 4) is 34.5 Å². The van der Waals surface area contributed by atoms with Gasteiger partial charge >= 0.3 is 24.6 Å². The smallest absolute Gasteiger partial charge is 0.440 e. The van der Waals surface area contributed by atoms with Gasteiger partial charge in [-0.05, 0) is 146 Å². The lowest BCUT2D eigenvalue weighted by molar-refractivity contribution is 0.0546. The van der Waals surface area contributed by atoms with Crippen LogP contribution in [0.4, 0.5) is 34.1 Å². The van der Waals surface area contributed by atoms with Gasteiger partial charge in [0, 0.05) is 43.3 Å². The number of nitrogens with two attached hydrogens (primary N) is 6. The van der Waals surface area contributed by atoms with E-state index in [9.17, 15) is 0 Å². The molecule has 0 bridgehead atoms. The van der Waals surface area contributed by atoms with E-state index in [1.54, 1.807) is 146 Å². The summed E-state index contributed by atoms with van der Waals surface area (Å²) in [6, 6.07) is 41.4. The molecule has 1 aliphatic heterocycles. The maximum Gasteiger partial charge on any atom is 0.447 e. The summed E-state index contributed by atoms with van der Waals surface area (Å²) in [5.41, 5.74) is 19.6. The maximum absolute atomic E-state index is 6.97. The zero-order valence-corrected chi connectivity index (χ0v) is 34.1. The van der Waals surface area contributed by atoms with E-state index in [1.807, 2.05) is 0 Å². The Kier molecular flexibility index (Phi) is 13.7. The molecule has 7 rings (SSSR count). The minimum atomic E-state index is -4.06. The summed E-state index contributed by atoms with van der Waals surface area (Å²) in [4.78, 5) is 13.5. The Hall–Kier alpha value is -6.31. The van der Waals surface area contributed by atoms with Gasteiger partial charge in [0.1, 0.15) is 34.5 Å². The lowest BCUT2D eigenvalue weighted by Gasteiger charge is -2.43. The molecule has 2 atom stereocenters. The number of rotatable bonds is 18. The number of nitrogens with zero attached hydrogens (tertiary/aromatic N) is 3. The molecular formula is C36H42N15O6P3. The van der Waals surface area contributed by atoms with Gasteiger partial charge in [-0.15, -0.1) is 4.52 Å². The normalized spacial score (nSPS) is 16.0. The molecule has 21 nitrogen and oxygen atoms in total. The molecule has 312 valence electrons. The Morgan fingerprint density at radius 3 is 1.03 bits per heavy atom. The molecule has 6 aromatic carbocycles. The zero-order valence-electron chi connectivity index (χ0n) is 31.5. The Bertz CT molecular complexity index is 2290. The second-order valence-corrected chi connectivity index (χ2v) is 17.7. The van der Waals surface area contributed by atoms with Crippen molar-refractivity contribution in [3.05, 3.63) is 146 Å². The quantitative estimate of drug-likeness (QED) is 0.0234. The molecule has 18 N–H and O–H groups in total. The monoisotopic (exact) mass is 873 g/mol. The summed E-state index contributed by atoms with van der Waals surface area (Å²) in [6.07, 6.45) is 0. The second kappa shape index (κ2) is 19.6. The second-order valence-electron chi connectivity index (χ2n) is 12.2. The fraction of sp³-hybridized carbons (Fsp3) is 0. The fourth-order valence-electron chi connectivity index (χ4n) is 5.12. The van der Waals surface area contributed by atoms with Crippen molar-refractivity contribution in [1.29, 1.82) is 0 Å². The topological polar surface area (TPSA) is 303 Å². The Labute approximate surface area is 347 Å².